The molecule has 14 heavy (non-hydrogen) atoms. The Balaban J connectivity index is 1.82. The molecule has 0 amide bonds. The van der Waals surface area contributed by atoms with Crippen LogP contribution in [0.3, 0.4) is 0 Å². The topological polar surface area (TPSA) is 35.0 Å². The number of nitrogens with zero attached hydrogens (tertiary/aromatic N) is 2. The van der Waals surface area contributed by atoms with Gasteiger partial charge in [0.25, 0.3) is 0 Å². The average Bonchev–Trinajstić information content (AvgIpc) is 2.70. The molecule has 1 saturated carbocycles. The molecule has 0 saturated heterocycles. The fraction of sp³-hybridized carbons (Fsp3) is 0.636. The van der Waals surface area contributed by atoms with Crippen molar-refractivity contribution < 1.29 is 4.74 Å². The number of rotatable bonds is 3. The molecule has 1 aliphatic rings. The van der Waals surface area contributed by atoms with E-state index in [0.29, 0.717) is 5.88 Å². The van der Waals surface area contributed by atoms with Crippen LogP contribution in [0.1, 0.15) is 31.4 Å². The Kier molecular flexibility index (Phi) is 2.96. The molecule has 1 aromatic rings. The summed E-state index contributed by atoms with van der Waals surface area (Å²) in [6, 6.07) is 3.81. The van der Waals surface area contributed by atoms with Gasteiger partial charge in [0.15, 0.2) is 0 Å². The van der Waals surface area contributed by atoms with Crippen molar-refractivity contribution in [2.24, 2.45) is 5.92 Å². The van der Waals surface area contributed by atoms with Gasteiger partial charge in [0.1, 0.15) is 0 Å². The third-order valence-corrected chi connectivity index (χ3v) is 2.72. The fourth-order valence-electron chi connectivity index (χ4n) is 1.84. The second kappa shape index (κ2) is 4.40. The van der Waals surface area contributed by atoms with E-state index in [9.17, 15) is 0 Å². The van der Waals surface area contributed by atoms with Gasteiger partial charge < -0.3 is 4.74 Å². The van der Waals surface area contributed by atoms with Crippen molar-refractivity contribution in [2.45, 2.75) is 32.6 Å². The van der Waals surface area contributed by atoms with Gasteiger partial charge in [-0.05, 0) is 31.7 Å². The summed E-state index contributed by atoms with van der Waals surface area (Å²) < 4.78 is 5.57. The average molecular weight is 192 g/mol. The fourth-order valence-corrected chi connectivity index (χ4v) is 1.84. The second-order valence-electron chi connectivity index (χ2n) is 3.97. The molecule has 2 rings (SSSR count). The van der Waals surface area contributed by atoms with Crippen LogP contribution < -0.4 is 4.74 Å². The standard InChI is InChI=1S/C11H16N2O/c1-9-6-7-11(13-12-9)14-8-10-4-2-3-5-10/h6-7,10H,2-5,8H2,1H3. The Bertz CT molecular complexity index is 278. The largest absolute Gasteiger partial charge is 0.476 e. The van der Waals surface area contributed by atoms with Crippen molar-refractivity contribution in [3.8, 4) is 5.88 Å². The van der Waals surface area contributed by atoms with Crippen LogP contribution in [-0.2, 0) is 0 Å². The van der Waals surface area contributed by atoms with E-state index in [-0.39, 0.29) is 0 Å². The summed E-state index contributed by atoms with van der Waals surface area (Å²) in [6.07, 6.45) is 5.32. The highest BCUT2D eigenvalue weighted by Gasteiger charge is 2.15. The van der Waals surface area contributed by atoms with Crippen LogP contribution >= 0.6 is 0 Å². The summed E-state index contributed by atoms with van der Waals surface area (Å²) in [7, 11) is 0. The molecule has 3 nitrogen and oxygen atoms in total. The lowest BCUT2D eigenvalue weighted by molar-refractivity contribution is 0.241. The van der Waals surface area contributed by atoms with Crippen molar-refractivity contribution >= 4 is 0 Å². The van der Waals surface area contributed by atoms with Crippen LogP contribution in [0.2, 0.25) is 0 Å². The molecule has 0 aliphatic heterocycles. The highest BCUT2D eigenvalue weighted by molar-refractivity contribution is 5.10. The molecule has 0 radical (unpaired) electrons. The van der Waals surface area contributed by atoms with Crippen LogP contribution in [-0.4, -0.2) is 16.8 Å². The third kappa shape index (κ3) is 2.44. The Morgan fingerprint density at radius 1 is 1.29 bits per heavy atom. The maximum absolute atomic E-state index is 5.57. The summed E-state index contributed by atoms with van der Waals surface area (Å²) in [5.41, 5.74) is 0.929. The van der Waals surface area contributed by atoms with E-state index in [1.807, 2.05) is 19.1 Å². The number of ether oxygens (including phenoxy) is 1. The Hall–Kier alpha value is -1.12. The number of aromatic nitrogens is 2. The summed E-state index contributed by atoms with van der Waals surface area (Å²) in [6.45, 7) is 2.73. The van der Waals surface area contributed by atoms with Crippen molar-refractivity contribution in [1.29, 1.82) is 0 Å². The van der Waals surface area contributed by atoms with Crippen LogP contribution in [0.25, 0.3) is 0 Å². The van der Waals surface area contributed by atoms with Crippen LogP contribution in [0.4, 0.5) is 0 Å². The quantitative estimate of drug-likeness (QED) is 0.737. The van der Waals surface area contributed by atoms with E-state index in [4.69, 9.17) is 4.74 Å². The van der Waals surface area contributed by atoms with Crippen LogP contribution in [0.15, 0.2) is 12.1 Å². The lowest BCUT2D eigenvalue weighted by Gasteiger charge is -2.09. The number of aryl methyl sites for hydroxylation is 1. The Labute approximate surface area is 84.5 Å². The first kappa shape index (κ1) is 9.44. The third-order valence-electron chi connectivity index (χ3n) is 2.72. The molecule has 1 aromatic heterocycles. The molecule has 1 heterocycles. The molecule has 0 N–H and O–H groups in total. The summed E-state index contributed by atoms with van der Waals surface area (Å²) in [4.78, 5) is 0. The molecular weight excluding hydrogens is 176 g/mol. The van der Waals surface area contributed by atoms with Gasteiger partial charge >= 0.3 is 0 Å². The zero-order valence-electron chi connectivity index (χ0n) is 8.57. The van der Waals surface area contributed by atoms with Gasteiger partial charge in [-0.3, -0.25) is 0 Å². The van der Waals surface area contributed by atoms with Crippen molar-refractivity contribution in [1.82, 2.24) is 10.2 Å². The second-order valence-corrected chi connectivity index (χ2v) is 3.97. The molecule has 0 unspecified atom stereocenters. The number of hydrogen-bond acceptors (Lipinski definition) is 3. The maximum Gasteiger partial charge on any atom is 0.233 e. The van der Waals surface area contributed by atoms with Crippen molar-refractivity contribution in [3.63, 3.8) is 0 Å². The molecule has 0 aromatic carbocycles. The summed E-state index contributed by atoms with van der Waals surface area (Å²) in [5, 5.41) is 7.92. The van der Waals surface area contributed by atoms with Crippen molar-refractivity contribution in [3.05, 3.63) is 17.8 Å². The zero-order chi connectivity index (χ0) is 9.80. The minimum Gasteiger partial charge on any atom is -0.476 e. The molecule has 1 aliphatic carbocycles. The van der Waals surface area contributed by atoms with E-state index in [0.717, 1.165) is 18.2 Å². The van der Waals surface area contributed by atoms with Gasteiger partial charge in [-0.2, -0.15) is 5.10 Å². The minimum atomic E-state index is 0.655. The smallest absolute Gasteiger partial charge is 0.233 e. The van der Waals surface area contributed by atoms with Gasteiger partial charge in [-0.25, -0.2) is 0 Å². The maximum atomic E-state index is 5.57. The van der Waals surface area contributed by atoms with Crippen molar-refractivity contribution in [2.75, 3.05) is 6.61 Å². The van der Waals surface area contributed by atoms with Gasteiger partial charge in [0.05, 0.1) is 12.3 Å². The van der Waals surface area contributed by atoms with E-state index in [2.05, 4.69) is 10.2 Å². The summed E-state index contributed by atoms with van der Waals surface area (Å²) in [5.74, 6) is 1.39. The SMILES string of the molecule is Cc1ccc(OCC2CCCC2)nn1. The predicted octanol–water partition coefficient (Wildman–Crippen LogP) is 2.35. The lowest BCUT2D eigenvalue weighted by Crippen LogP contribution is -2.09. The molecule has 0 spiro atoms. The predicted molar refractivity (Wildman–Crippen MR) is 54.2 cm³/mol. The molecule has 0 atom stereocenters. The Morgan fingerprint density at radius 2 is 2.07 bits per heavy atom. The van der Waals surface area contributed by atoms with E-state index >= 15 is 0 Å². The Morgan fingerprint density at radius 3 is 2.71 bits per heavy atom. The molecule has 76 valence electrons. The molecular formula is C11H16N2O. The van der Waals surface area contributed by atoms with Crippen LogP contribution in [0, 0.1) is 12.8 Å². The lowest BCUT2D eigenvalue weighted by atomic mass is 10.1. The van der Waals surface area contributed by atoms with E-state index in [1.165, 1.54) is 25.7 Å². The molecule has 1 fully saturated rings. The summed E-state index contributed by atoms with van der Waals surface area (Å²) >= 11 is 0. The van der Waals surface area contributed by atoms with E-state index in [1.54, 1.807) is 0 Å². The highest BCUT2D eigenvalue weighted by atomic mass is 16.5. The normalized spacial score (nSPS) is 17.2. The van der Waals surface area contributed by atoms with Gasteiger partial charge in [-0.1, -0.05) is 12.8 Å². The first-order chi connectivity index (χ1) is 6.84. The monoisotopic (exact) mass is 192 g/mol. The van der Waals surface area contributed by atoms with Crippen LogP contribution in [0.5, 0.6) is 5.88 Å². The first-order valence-corrected chi connectivity index (χ1v) is 5.28. The molecule has 3 heteroatoms. The zero-order valence-corrected chi connectivity index (χ0v) is 8.57. The van der Waals surface area contributed by atoms with Gasteiger partial charge in [0.2, 0.25) is 5.88 Å². The minimum absolute atomic E-state index is 0.655. The van der Waals surface area contributed by atoms with Gasteiger partial charge in [-0.15, -0.1) is 5.10 Å². The molecule has 0 bridgehead atoms. The first-order valence-electron chi connectivity index (χ1n) is 5.28. The highest BCUT2D eigenvalue weighted by Crippen LogP contribution is 2.24. The van der Waals surface area contributed by atoms with E-state index < -0.39 is 0 Å². The van der Waals surface area contributed by atoms with Gasteiger partial charge in [0, 0.05) is 6.07 Å². The number of hydrogen-bond donors (Lipinski definition) is 0.